The van der Waals surface area contributed by atoms with Gasteiger partial charge in [0.05, 0.1) is 5.41 Å². The quantitative estimate of drug-likeness (QED) is 0.133. The number of benzene rings is 8. The number of allylic oxidation sites excluding steroid dienone is 10. The minimum Gasteiger partial charge on any atom is -0.106 e. The Morgan fingerprint density at radius 1 is 0.457 bits per heavy atom. The van der Waals surface area contributed by atoms with Crippen LogP contribution in [0.3, 0.4) is 0 Å². The van der Waals surface area contributed by atoms with E-state index in [2.05, 4.69) is 259 Å². The molecule has 0 fully saturated rings. The molecule has 0 aliphatic heterocycles. The molecule has 0 saturated carbocycles. The third kappa shape index (κ3) is 9.74. The predicted molar refractivity (Wildman–Crippen MR) is 305 cm³/mol. The zero-order chi connectivity index (χ0) is 49.0. The van der Waals surface area contributed by atoms with Crippen molar-refractivity contribution in [1.29, 1.82) is 0 Å². The summed E-state index contributed by atoms with van der Waals surface area (Å²) in [5.74, 6) is 0. The van der Waals surface area contributed by atoms with Gasteiger partial charge in [0.1, 0.15) is 0 Å². The fourth-order valence-corrected chi connectivity index (χ4v) is 10.4. The molecule has 0 radical (unpaired) electrons. The van der Waals surface area contributed by atoms with Gasteiger partial charge in [0.25, 0.3) is 0 Å². The van der Waals surface area contributed by atoms with E-state index in [1.165, 1.54) is 107 Å². The standard InChI is InChI=1S/C43H30.C23H26.C2H6.C2H4/c1-30(31-12-4-2-5-13-31)32-20-22-33(23-21-32)34-24-27-37(28-25-34)43(36-15-6-3-7-16-36)40-19-11-10-18-39(40)42-38-17-9-8-14-35(38)26-29-41(42)43;1-17(2)18(3)22-10-7-11-23(16-22)21-14-12-20(13-15-21)19-8-5-4-6-9-19;2*1-2/h2-29H,1H2;4-6,8-10,12,14,16H,7,11,13,15H2,1-3H3;1-2H3;1-2H2. The van der Waals surface area contributed by atoms with Crippen molar-refractivity contribution in [3.63, 3.8) is 0 Å². The van der Waals surface area contributed by atoms with E-state index in [1.807, 2.05) is 19.9 Å². The van der Waals surface area contributed by atoms with E-state index in [0.29, 0.717) is 0 Å². The van der Waals surface area contributed by atoms with Crippen molar-refractivity contribution < 1.29 is 0 Å². The Hall–Kier alpha value is -7.80. The van der Waals surface area contributed by atoms with E-state index < -0.39 is 5.41 Å². The zero-order valence-electron chi connectivity index (χ0n) is 41.8. The van der Waals surface area contributed by atoms with Gasteiger partial charge in [-0.2, -0.15) is 0 Å². The van der Waals surface area contributed by atoms with Gasteiger partial charge in [-0.25, -0.2) is 0 Å². The van der Waals surface area contributed by atoms with Gasteiger partial charge in [-0.1, -0.05) is 250 Å². The minimum absolute atomic E-state index is 0.410. The Kier molecular flexibility index (Phi) is 15.7. The zero-order valence-corrected chi connectivity index (χ0v) is 41.8. The van der Waals surface area contributed by atoms with Crippen molar-refractivity contribution >= 4 is 21.9 Å². The minimum atomic E-state index is -0.410. The maximum Gasteiger partial charge on any atom is 0.0713 e. The van der Waals surface area contributed by atoms with E-state index in [9.17, 15) is 0 Å². The van der Waals surface area contributed by atoms with Crippen molar-refractivity contribution in [3.05, 3.63) is 311 Å². The highest BCUT2D eigenvalue weighted by Gasteiger charge is 2.46. The van der Waals surface area contributed by atoms with Crippen LogP contribution < -0.4 is 0 Å². The summed E-state index contributed by atoms with van der Waals surface area (Å²) in [4.78, 5) is 0. The molecule has 1 atom stereocenters. The van der Waals surface area contributed by atoms with Gasteiger partial charge < -0.3 is 0 Å². The van der Waals surface area contributed by atoms with Crippen molar-refractivity contribution in [2.45, 2.75) is 65.7 Å². The fraction of sp³-hybridized carbons (Fsp3) is 0.143. The molecule has 8 aromatic carbocycles. The molecule has 0 spiro atoms. The molecule has 11 rings (SSSR count). The normalized spacial score (nSPS) is 15.3. The van der Waals surface area contributed by atoms with Gasteiger partial charge in [-0.15, -0.1) is 13.2 Å². The lowest BCUT2D eigenvalue weighted by atomic mass is 9.67. The van der Waals surface area contributed by atoms with Crippen LogP contribution >= 0.6 is 0 Å². The summed E-state index contributed by atoms with van der Waals surface area (Å²) >= 11 is 0. The second-order valence-electron chi connectivity index (χ2n) is 18.1. The van der Waals surface area contributed by atoms with Crippen LogP contribution in [0, 0.1) is 0 Å². The van der Waals surface area contributed by atoms with E-state index >= 15 is 0 Å². The second-order valence-corrected chi connectivity index (χ2v) is 18.1. The van der Waals surface area contributed by atoms with Gasteiger partial charge in [0.2, 0.25) is 0 Å². The van der Waals surface area contributed by atoms with E-state index in [-0.39, 0.29) is 0 Å². The molecule has 0 saturated heterocycles. The molecule has 0 N–H and O–H groups in total. The lowest BCUT2D eigenvalue weighted by Crippen LogP contribution is -2.28. The van der Waals surface area contributed by atoms with Crippen molar-refractivity contribution in [2.75, 3.05) is 0 Å². The third-order valence-corrected chi connectivity index (χ3v) is 14.1. The SMILES string of the molecule is C=C.C=C(c1ccccc1)c1ccc(-c2ccc(C3(c4ccccc4)c4ccccc4-c4c3ccc3ccccc43)cc2)cc1.CC.CC(C)=C(C)C1=CCCC(C2=CC=C(c3ccccc3)CC2)=C1. The topological polar surface area (TPSA) is 0 Å². The molecular formula is C70H66. The van der Waals surface area contributed by atoms with Gasteiger partial charge in [-0.05, 0) is 152 Å². The van der Waals surface area contributed by atoms with Crippen molar-refractivity contribution in [2.24, 2.45) is 0 Å². The van der Waals surface area contributed by atoms with E-state index in [4.69, 9.17) is 0 Å². The first kappa shape index (κ1) is 48.6. The molecule has 70 heavy (non-hydrogen) atoms. The van der Waals surface area contributed by atoms with Crippen LogP contribution in [0.15, 0.2) is 272 Å². The van der Waals surface area contributed by atoms with Crippen molar-refractivity contribution in [3.8, 4) is 22.3 Å². The molecule has 8 aromatic rings. The number of hydrogen-bond acceptors (Lipinski definition) is 0. The Labute approximate surface area is 418 Å². The highest BCUT2D eigenvalue weighted by Crippen LogP contribution is 2.57. The van der Waals surface area contributed by atoms with Crippen LogP contribution in [0.2, 0.25) is 0 Å². The molecule has 1 unspecified atom stereocenters. The largest absolute Gasteiger partial charge is 0.106 e. The summed E-state index contributed by atoms with van der Waals surface area (Å²) in [6, 6.07) is 72.5. The molecule has 0 nitrogen and oxygen atoms in total. The fourth-order valence-electron chi connectivity index (χ4n) is 10.4. The van der Waals surface area contributed by atoms with Gasteiger partial charge >= 0.3 is 0 Å². The molecule has 0 amide bonds. The van der Waals surface area contributed by atoms with Crippen molar-refractivity contribution in [1.82, 2.24) is 0 Å². The summed E-state index contributed by atoms with van der Waals surface area (Å²) in [6.45, 7) is 21.0. The Bertz CT molecular complexity index is 3240. The molecule has 0 aromatic heterocycles. The molecule has 0 heterocycles. The van der Waals surface area contributed by atoms with E-state index in [1.54, 1.807) is 0 Å². The van der Waals surface area contributed by atoms with Crippen LogP contribution in [-0.4, -0.2) is 0 Å². The summed E-state index contributed by atoms with van der Waals surface area (Å²) in [7, 11) is 0. The van der Waals surface area contributed by atoms with Gasteiger partial charge in [0.15, 0.2) is 0 Å². The third-order valence-electron chi connectivity index (χ3n) is 14.1. The van der Waals surface area contributed by atoms with Crippen LogP contribution in [0.1, 0.15) is 99.2 Å². The molecule has 346 valence electrons. The maximum absolute atomic E-state index is 4.35. The molecule has 0 bridgehead atoms. The van der Waals surface area contributed by atoms with Gasteiger partial charge in [0, 0.05) is 0 Å². The number of fused-ring (bicyclic) bond motifs is 5. The summed E-state index contributed by atoms with van der Waals surface area (Å²) < 4.78 is 0. The summed E-state index contributed by atoms with van der Waals surface area (Å²) in [6.07, 6.45) is 14.1. The maximum atomic E-state index is 4.35. The first-order valence-corrected chi connectivity index (χ1v) is 25.0. The number of rotatable bonds is 8. The first-order valence-electron chi connectivity index (χ1n) is 25.0. The summed E-state index contributed by atoms with van der Waals surface area (Å²) in [5.41, 5.74) is 23.4. The predicted octanol–water partition coefficient (Wildman–Crippen LogP) is 19.6. The van der Waals surface area contributed by atoms with Crippen LogP contribution in [0.5, 0.6) is 0 Å². The van der Waals surface area contributed by atoms with E-state index in [0.717, 1.165) is 29.5 Å². The highest BCUT2D eigenvalue weighted by atomic mass is 14.5. The molecule has 3 aliphatic rings. The number of hydrogen-bond donors (Lipinski definition) is 0. The highest BCUT2D eigenvalue weighted by molar-refractivity contribution is 6.04. The molecule has 3 aliphatic carbocycles. The second kappa shape index (κ2) is 22.5. The molecule has 0 heteroatoms. The average Bonchev–Trinajstić information content (AvgIpc) is 3.76. The average molecular weight is 907 g/mol. The molecular weight excluding hydrogens is 841 g/mol. The first-order chi connectivity index (χ1) is 34.4. The summed E-state index contributed by atoms with van der Waals surface area (Å²) in [5, 5.41) is 2.58. The Morgan fingerprint density at radius 3 is 1.66 bits per heavy atom. The van der Waals surface area contributed by atoms with Crippen LogP contribution in [0.25, 0.3) is 44.2 Å². The van der Waals surface area contributed by atoms with Crippen LogP contribution in [0.4, 0.5) is 0 Å². The smallest absolute Gasteiger partial charge is 0.0713 e. The Morgan fingerprint density at radius 2 is 1.00 bits per heavy atom. The van der Waals surface area contributed by atoms with Crippen LogP contribution in [-0.2, 0) is 5.41 Å². The lowest BCUT2D eigenvalue weighted by molar-refractivity contribution is 0.769. The Balaban J connectivity index is 0.000000206. The lowest BCUT2D eigenvalue weighted by Gasteiger charge is -2.34. The monoisotopic (exact) mass is 907 g/mol. The van der Waals surface area contributed by atoms with Gasteiger partial charge in [-0.3, -0.25) is 0 Å².